The van der Waals surface area contributed by atoms with Crippen LogP contribution < -0.4 is 0 Å². The number of aliphatic hydroxyl groups is 2. The predicted molar refractivity (Wildman–Crippen MR) is 109 cm³/mol. The van der Waals surface area contributed by atoms with E-state index in [2.05, 4.69) is 6.58 Å². The highest BCUT2D eigenvalue weighted by Gasteiger charge is 2.75. The van der Waals surface area contributed by atoms with Gasteiger partial charge in [0.2, 0.25) is 5.78 Å². The third-order valence-corrected chi connectivity index (χ3v) is 8.65. The third-order valence-electron chi connectivity index (χ3n) is 8.65. The molecule has 0 aromatic heterocycles. The standard InChI is InChI=1S/C24H29FO6/c1-13-9-18-17-6-5-15-10-16(27)7-8-21(15,3)23(17,25)19(28)11-22(18,4)24(13,30)20(29)12-31-14(2)26/h7-8,10,17-19,28,30H,1,5-6,9,11-12H2,2-4H3/t17-,18-,19?,21-,22-,23-,24-/m0/s1. The maximum absolute atomic E-state index is 17.0. The van der Waals surface area contributed by atoms with Gasteiger partial charge in [-0.05, 0) is 56.3 Å². The second kappa shape index (κ2) is 6.69. The van der Waals surface area contributed by atoms with Crippen molar-refractivity contribution >= 4 is 17.5 Å². The van der Waals surface area contributed by atoms with E-state index in [1.54, 1.807) is 19.9 Å². The lowest BCUT2D eigenvalue weighted by molar-refractivity contribution is -0.215. The molecule has 0 radical (unpaired) electrons. The molecule has 3 saturated carbocycles. The topological polar surface area (TPSA) is 101 Å². The molecular weight excluding hydrogens is 403 g/mol. The van der Waals surface area contributed by atoms with Crippen LogP contribution >= 0.6 is 0 Å². The quantitative estimate of drug-likeness (QED) is 0.525. The minimum atomic E-state index is -2.05. The molecule has 4 rings (SSSR count). The Morgan fingerprint density at radius 1 is 1.32 bits per heavy atom. The van der Waals surface area contributed by atoms with E-state index in [1.807, 2.05) is 0 Å². The minimum absolute atomic E-state index is 0.156. The normalized spacial score (nSPS) is 46.0. The molecule has 3 fully saturated rings. The smallest absolute Gasteiger partial charge is 0.303 e. The van der Waals surface area contributed by atoms with Crippen molar-refractivity contribution < 1.29 is 33.7 Å². The lowest BCUT2D eigenvalue weighted by Gasteiger charge is -2.62. The molecule has 0 heterocycles. The molecule has 0 spiro atoms. The number of hydrogen-bond donors (Lipinski definition) is 2. The highest BCUT2D eigenvalue weighted by atomic mass is 19.1. The molecule has 2 N–H and O–H groups in total. The summed E-state index contributed by atoms with van der Waals surface area (Å²) in [6.07, 6.45) is 3.86. The first-order valence-electron chi connectivity index (χ1n) is 10.7. The SMILES string of the molecule is C=C1C[C@H]2[C@@H]3CCC4=CC(=O)C=C[C@]4(C)[C@@]3(F)C(O)C[C@]2(C)[C@@]1(O)C(=O)COC(C)=O. The Morgan fingerprint density at radius 3 is 2.65 bits per heavy atom. The molecule has 7 heteroatoms. The Bertz CT molecular complexity index is 952. The minimum Gasteiger partial charge on any atom is -0.458 e. The Hall–Kier alpha value is -2.12. The number of aliphatic hydroxyl groups excluding tert-OH is 1. The molecular formula is C24H29FO6. The Morgan fingerprint density at radius 2 is 2.00 bits per heavy atom. The van der Waals surface area contributed by atoms with Gasteiger partial charge < -0.3 is 14.9 Å². The summed E-state index contributed by atoms with van der Waals surface area (Å²) >= 11 is 0. The van der Waals surface area contributed by atoms with Gasteiger partial charge in [0.1, 0.15) is 0 Å². The van der Waals surface area contributed by atoms with Crippen molar-refractivity contribution in [3.63, 3.8) is 0 Å². The fourth-order valence-corrected chi connectivity index (χ4v) is 6.96. The van der Waals surface area contributed by atoms with Gasteiger partial charge in [-0.2, -0.15) is 0 Å². The zero-order valence-electron chi connectivity index (χ0n) is 18.1. The number of ether oxygens (including phenoxy) is 1. The van der Waals surface area contributed by atoms with Gasteiger partial charge in [0.05, 0.1) is 6.10 Å². The second-order valence-electron chi connectivity index (χ2n) is 9.99. The van der Waals surface area contributed by atoms with Crippen LogP contribution in [0.25, 0.3) is 0 Å². The predicted octanol–water partition coefficient (Wildman–Crippen LogP) is 2.39. The van der Waals surface area contributed by atoms with Gasteiger partial charge in [-0.15, -0.1) is 0 Å². The molecule has 6 nitrogen and oxygen atoms in total. The van der Waals surface area contributed by atoms with Crippen molar-refractivity contribution in [2.75, 3.05) is 6.61 Å². The maximum atomic E-state index is 17.0. The van der Waals surface area contributed by atoms with E-state index in [0.29, 0.717) is 18.4 Å². The van der Waals surface area contributed by atoms with Crippen LogP contribution in [0.5, 0.6) is 0 Å². The molecule has 0 bridgehead atoms. The number of carbonyl (C=O) groups is 3. The van der Waals surface area contributed by atoms with Crippen molar-refractivity contribution in [2.24, 2.45) is 22.7 Å². The van der Waals surface area contributed by atoms with Crippen molar-refractivity contribution in [3.05, 3.63) is 36.0 Å². The average molecular weight is 432 g/mol. The van der Waals surface area contributed by atoms with Crippen LogP contribution in [0.3, 0.4) is 0 Å². The van der Waals surface area contributed by atoms with E-state index in [9.17, 15) is 24.6 Å². The zero-order valence-corrected chi connectivity index (χ0v) is 18.1. The summed E-state index contributed by atoms with van der Waals surface area (Å²) in [6, 6.07) is 0. The number of hydrogen-bond acceptors (Lipinski definition) is 6. The Kier molecular flexibility index (Phi) is 4.77. The van der Waals surface area contributed by atoms with Gasteiger partial charge in [0, 0.05) is 23.7 Å². The number of esters is 1. The number of rotatable bonds is 3. The lowest BCUT2D eigenvalue weighted by Crippen LogP contribution is -2.69. The number of fused-ring (bicyclic) bond motifs is 5. The molecule has 31 heavy (non-hydrogen) atoms. The van der Waals surface area contributed by atoms with E-state index in [-0.39, 0.29) is 24.2 Å². The molecule has 0 aromatic rings. The van der Waals surface area contributed by atoms with Gasteiger partial charge in [0.25, 0.3) is 0 Å². The van der Waals surface area contributed by atoms with Crippen molar-refractivity contribution in [1.82, 2.24) is 0 Å². The fraction of sp³-hybridized carbons (Fsp3) is 0.625. The molecule has 168 valence electrons. The molecule has 4 aliphatic carbocycles. The maximum Gasteiger partial charge on any atom is 0.303 e. The summed E-state index contributed by atoms with van der Waals surface area (Å²) in [5.41, 5.74) is -5.46. The summed E-state index contributed by atoms with van der Waals surface area (Å²) < 4.78 is 21.8. The van der Waals surface area contributed by atoms with E-state index in [0.717, 1.165) is 0 Å². The number of alkyl halides is 1. The summed E-state index contributed by atoms with van der Waals surface area (Å²) in [4.78, 5) is 36.1. The summed E-state index contributed by atoms with van der Waals surface area (Å²) in [5.74, 6) is -2.63. The molecule has 0 aromatic carbocycles. The zero-order chi connectivity index (χ0) is 23.0. The van der Waals surface area contributed by atoms with E-state index in [4.69, 9.17) is 4.74 Å². The van der Waals surface area contributed by atoms with E-state index in [1.165, 1.54) is 19.1 Å². The Labute approximate surface area is 180 Å². The van der Waals surface area contributed by atoms with Crippen LogP contribution in [0.15, 0.2) is 36.0 Å². The molecule has 7 atom stereocenters. The largest absolute Gasteiger partial charge is 0.458 e. The van der Waals surface area contributed by atoms with Crippen LogP contribution in [0, 0.1) is 22.7 Å². The summed E-state index contributed by atoms with van der Waals surface area (Å²) in [6.45, 7) is 7.90. The van der Waals surface area contributed by atoms with E-state index < -0.39 is 58.4 Å². The molecule has 4 aliphatic rings. The third kappa shape index (κ3) is 2.59. The highest BCUT2D eigenvalue weighted by molar-refractivity contribution is 6.01. The van der Waals surface area contributed by atoms with Crippen LogP contribution in [0.1, 0.15) is 46.5 Å². The van der Waals surface area contributed by atoms with Gasteiger partial charge >= 0.3 is 5.97 Å². The number of carbonyl (C=O) groups excluding carboxylic acids is 3. The number of Topliss-reactive ketones (excluding diaryl/α,β-unsaturated/α-hetero) is 1. The van der Waals surface area contributed by atoms with Crippen LogP contribution in [-0.2, 0) is 19.1 Å². The monoisotopic (exact) mass is 432 g/mol. The summed E-state index contributed by atoms with van der Waals surface area (Å²) in [5, 5.41) is 22.8. The van der Waals surface area contributed by atoms with Gasteiger partial charge in [-0.25, -0.2) is 4.39 Å². The molecule has 0 amide bonds. The van der Waals surface area contributed by atoms with Crippen molar-refractivity contribution in [3.8, 4) is 0 Å². The number of ketones is 2. The van der Waals surface area contributed by atoms with Crippen LogP contribution in [-0.4, -0.2) is 51.7 Å². The average Bonchev–Trinajstić information content (AvgIpc) is 2.89. The van der Waals surface area contributed by atoms with Crippen LogP contribution in [0.4, 0.5) is 4.39 Å². The molecule has 1 unspecified atom stereocenters. The van der Waals surface area contributed by atoms with Crippen molar-refractivity contribution in [2.45, 2.75) is 63.8 Å². The van der Waals surface area contributed by atoms with Gasteiger partial charge in [0.15, 0.2) is 23.7 Å². The number of halogens is 1. The first kappa shape index (κ1) is 22.1. The van der Waals surface area contributed by atoms with Crippen molar-refractivity contribution in [1.29, 1.82) is 0 Å². The Balaban J connectivity index is 1.77. The van der Waals surface area contributed by atoms with Gasteiger partial charge in [-0.1, -0.05) is 25.2 Å². The van der Waals surface area contributed by atoms with Crippen LogP contribution in [0.2, 0.25) is 0 Å². The lowest BCUT2D eigenvalue weighted by atomic mass is 9.44. The fourth-order valence-electron chi connectivity index (χ4n) is 6.96. The summed E-state index contributed by atoms with van der Waals surface area (Å²) in [7, 11) is 0. The number of allylic oxidation sites excluding steroid dienone is 4. The van der Waals surface area contributed by atoms with E-state index >= 15 is 4.39 Å². The molecule has 0 aliphatic heterocycles. The van der Waals surface area contributed by atoms with Gasteiger partial charge in [-0.3, -0.25) is 14.4 Å². The first-order valence-corrected chi connectivity index (χ1v) is 10.7. The first-order chi connectivity index (χ1) is 14.3. The second-order valence-corrected chi connectivity index (χ2v) is 9.99. The highest BCUT2D eigenvalue weighted by Crippen LogP contribution is 2.70. The molecule has 0 saturated heterocycles.